The van der Waals surface area contributed by atoms with Crippen molar-refractivity contribution in [3.05, 3.63) is 0 Å². The first-order chi connectivity index (χ1) is 5.14. The first kappa shape index (κ1) is 11.8. The van der Waals surface area contributed by atoms with Gasteiger partial charge in [0.2, 0.25) is 0 Å². The Labute approximate surface area is 81.8 Å². The number of carboxylic acids is 2. The maximum atomic E-state index is 12.8. The zero-order chi connectivity index (χ0) is 10.2. The molecule has 8 heteroatoms. The lowest BCUT2D eigenvalue weighted by Gasteiger charge is -2.21. The van der Waals surface area contributed by atoms with Gasteiger partial charge < -0.3 is 10.2 Å². The topological polar surface area (TPSA) is 74.6 Å². The SMILES string of the molecule is O=C(O)C(F)(Br)C(F)(Br)C(=O)O. The van der Waals surface area contributed by atoms with E-state index in [9.17, 15) is 18.4 Å². The molecule has 0 saturated heterocycles. The van der Waals surface area contributed by atoms with Gasteiger partial charge in [-0.1, -0.05) is 0 Å². The van der Waals surface area contributed by atoms with Gasteiger partial charge in [-0.3, -0.25) is 0 Å². The fourth-order valence-electron chi connectivity index (χ4n) is 0.269. The zero-order valence-electron chi connectivity index (χ0n) is 5.22. The maximum absolute atomic E-state index is 12.8. The molecule has 2 unspecified atom stereocenters. The van der Waals surface area contributed by atoms with Crippen LogP contribution in [0.25, 0.3) is 0 Å². The van der Waals surface area contributed by atoms with Gasteiger partial charge in [-0.25, -0.2) is 18.4 Å². The number of carboxylic acid groups (broad SMARTS) is 2. The average Bonchev–Trinajstić information content (AvgIpc) is 1.86. The Morgan fingerprint density at radius 2 is 1.17 bits per heavy atom. The van der Waals surface area contributed by atoms with Crippen molar-refractivity contribution in [3.8, 4) is 0 Å². The number of alkyl halides is 4. The molecule has 12 heavy (non-hydrogen) atoms. The summed E-state index contributed by atoms with van der Waals surface area (Å²) in [6, 6.07) is 0. The summed E-state index contributed by atoms with van der Waals surface area (Å²) < 4.78 is 18.1. The molecule has 0 aromatic rings. The lowest BCUT2D eigenvalue weighted by atomic mass is 10.2. The molecule has 0 amide bonds. The third-order valence-corrected chi connectivity index (χ3v) is 3.23. The Balaban J connectivity index is 5.01. The van der Waals surface area contributed by atoms with Gasteiger partial charge in [0, 0.05) is 0 Å². The summed E-state index contributed by atoms with van der Waals surface area (Å²) in [7, 11) is 0. The van der Waals surface area contributed by atoms with Crippen LogP contribution < -0.4 is 0 Å². The zero-order valence-corrected chi connectivity index (χ0v) is 8.39. The Hall–Kier alpha value is -0.240. The molecule has 0 saturated carbocycles. The normalized spacial score (nSPS) is 20.7. The van der Waals surface area contributed by atoms with Gasteiger partial charge in [0.25, 0.3) is 0 Å². The summed E-state index contributed by atoms with van der Waals surface area (Å²) in [5.74, 6) is -4.55. The molecule has 0 radical (unpaired) electrons. The van der Waals surface area contributed by atoms with E-state index in [2.05, 4.69) is 0 Å². The van der Waals surface area contributed by atoms with E-state index in [0.29, 0.717) is 0 Å². The molecule has 4 nitrogen and oxygen atoms in total. The number of hydrogen-bond acceptors (Lipinski definition) is 2. The van der Waals surface area contributed by atoms with Gasteiger partial charge in [-0.05, 0) is 31.9 Å². The Morgan fingerprint density at radius 3 is 1.25 bits per heavy atom. The molecule has 0 fully saturated rings. The standard InChI is InChI=1S/C4H2Br2F2O4/c5-3(7,1(9)10)4(6,8)2(11)12/h(H,9,10)(H,11,12). The van der Waals surface area contributed by atoms with Crippen LogP contribution in [0.5, 0.6) is 0 Å². The highest BCUT2D eigenvalue weighted by Crippen LogP contribution is 2.41. The number of halogens is 4. The lowest BCUT2D eigenvalue weighted by molar-refractivity contribution is -0.160. The number of rotatable bonds is 3. The van der Waals surface area contributed by atoms with E-state index in [1.54, 1.807) is 31.9 Å². The van der Waals surface area contributed by atoms with Crippen molar-refractivity contribution in [1.29, 1.82) is 0 Å². The van der Waals surface area contributed by atoms with Crippen LogP contribution in [0.4, 0.5) is 8.78 Å². The van der Waals surface area contributed by atoms with E-state index in [1.807, 2.05) is 0 Å². The molecule has 0 aliphatic rings. The highest BCUT2D eigenvalue weighted by molar-refractivity contribution is 9.13. The van der Waals surface area contributed by atoms with E-state index < -0.39 is 21.1 Å². The second-order valence-electron chi connectivity index (χ2n) is 1.76. The lowest BCUT2D eigenvalue weighted by Crippen LogP contribution is -2.49. The molecule has 2 atom stereocenters. The van der Waals surface area contributed by atoms with Crippen molar-refractivity contribution in [2.24, 2.45) is 0 Å². The Bertz CT molecular complexity index is 203. The Morgan fingerprint density at radius 1 is 1.00 bits per heavy atom. The van der Waals surface area contributed by atoms with E-state index in [4.69, 9.17) is 10.2 Å². The summed E-state index contributed by atoms with van der Waals surface area (Å²) in [6.45, 7) is 0. The molecule has 0 aliphatic carbocycles. The van der Waals surface area contributed by atoms with Crippen molar-refractivity contribution < 1.29 is 28.6 Å². The van der Waals surface area contributed by atoms with Gasteiger partial charge >= 0.3 is 21.1 Å². The van der Waals surface area contributed by atoms with Crippen LogP contribution in [0.15, 0.2) is 0 Å². The predicted molar refractivity (Wildman–Crippen MR) is 40.8 cm³/mol. The van der Waals surface area contributed by atoms with Crippen molar-refractivity contribution in [2.75, 3.05) is 0 Å². The van der Waals surface area contributed by atoms with Gasteiger partial charge in [-0.15, -0.1) is 0 Å². The largest absolute Gasteiger partial charge is 0.478 e. The van der Waals surface area contributed by atoms with E-state index >= 15 is 0 Å². The first-order valence-electron chi connectivity index (χ1n) is 2.36. The van der Waals surface area contributed by atoms with Crippen LogP contribution in [0, 0.1) is 0 Å². The van der Waals surface area contributed by atoms with Crippen molar-refractivity contribution in [2.45, 2.75) is 9.16 Å². The van der Waals surface area contributed by atoms with E-state index in [-0.39, 0.29) is 0 Å². The Kier molecular flexibility index (Phi) is 3.18. The smallest absolute Gasteiger partial charge is 0.357 e. The van der Waals surface area contributed by atoms with Crippen LogP contribution in [0.3, 0.4) is 0 Å². The van der Waals surface area contributed by atoms with Crippen molar-refractivity contribution >= 4 is 43.8 Å². The maximum Gasteiger partial charge on any atom is 0.357 e. The third-order valence-electron chi connectivity index (χ3n) is 0.932. The second kappa shape index (κ2) is 3.25. The van der Waals surface area contributed by atoms with E-state index in [0.717, 1.165) is 0 Å². The molecule has 0 aliphatic heterocycles. The molecule has 0 spiro atoms. The van der Waals surface area contributed by atoms with Crippen molar-refractivity contribution in [3.63, 3.8) is 0 Å². The quantitative estimate of drug-likeness (QED) is 0.770. The first-order valence-corrected chi connectivity index (χ1v) is 3.95. The molecule has 2 N–H and O–H groups in total. The fourth-order valence-corrected chi connectivity index (χ4v) is 0.608. The molecular formula is C4H2Br2F2O4. The highest BCUT2D eigenvalue weighted by atomic mass is 79.9. The van der Waals surface area contributed by atoms with Gasteiger partial charge in [0.15, 0.2) is 0 Å². The van der Waals surface area contributed by atoms with Crippen molar-refractivity contribution in [1.82, 2.24) is 0 Å². The molecular weight excluding hydrogens is 310 g/mol. The van der Waals surface area contributed by atoms with E-state index in [1.165, 1.54) is 0 Å². The van der Waals surface area contributed by atoms with Crippen LogP contribution in [0.1, 0.15) is 0 Å². The molecule has 0 heterocycles. The summed E-state index contributed by atoms with van der Waals surface area (Å²) >= 11 is 3.60. The molecule has 0 aromatic heterocycles. The van der Waals surface area contributed by atoms with Gasteiger partial charge in [0.05, 0.1) is 0 Å². The number of aliphatic carboxylic acids is 2. The minimum absolute atomic E-state index is 1.80. The average molecular weight is 312 g/mol. The predicted octanol–water partition coefficient (Wildman–Crippen LogP) is 1.28. The van der Waals surface area contributed by atoms with Gasteiger partial charge in [0.1, 0.15) is 0 Å². The summed E-state index contributed by atoms with van der Waals surface area (Å²) in [4.78, 5) is 20.0. The molecule has 0 aromatic carbocycles. The highest BCUT2D eigenvalue weighted by Gasteiger charge is 2.62. The fraction of sp³-hybridized carbons (Fsp3) is 0.500. The monoisotopic (exact) mass is 310 g/mol. The minimum Gasteiger partial charge on any atom is -0.478 e. The molecule has 70 valence electrons. The third kappa shape index (κ3) is 1.74. The summed E-state index contributed by atoms with van der Waals surface area (Å²) in [6.07, 6.45) is 0. The number of carbonyl (C=O) groups is 2. The summed E-state index contributed by atoms with van der Waals surface area (Å²) in [5, 5.41) is 16.1. The molecule has 0 bridgehead atoms. The van der Waals surface area contributed by atoms with Crippen LogP contribution in [-0.2, 0) is 9.59 Å². The minimum atomic E-state index is -3.70. The van der Waals surface area contributed by atoms with Crippen LogP contribution in [0.2, 0.25) is 0 Å². The van der Waals surface area contributed by atoms with Gasteiger partial charge in [-0.2, -0.15) is 0 Å². The summed E-state index contributed by atoms with van der Waals surface area (Å²) in [5.41, 5.74) is 0. The second-order valence-corrected chi connectivity index (χ2v) is 3.94. The molecule has 0 rings (SSSR count). The van der Waals surface area contributed by atoms with Crippen LogP contribution >= 0.6 is 31.9 Å². The number of hydrogen-bond donors (Lipinski definition) is 2. The van der Waals surface area contributed by atoms with Crippen LogP contribution in [-0.4, -0.2) is 31.3 Å².